The average Bonchev–Trinajstić information content (AvgIpc) is 2.51. The van der Waals surface area contributed by atoms with Crippen molar-refractivity contribution in [3.63, 3.8) is 0 Å². The summed E-state index contributed by atoms with van der Waals surface area (Å²) >= 11 is 0. The number of benzene rings is 2. The Kier molecular flexibility index (Phi) is 5.37. The van der Waals surface area contributed by atoms with E-state index in [-0.39, 0.29) is 5.92 Å². The summed E-state index contributed by atoms with van der Waals surface area (Å²) in [6.45, 7) is 6.21. The van der Waals surface area contributed by atoms with Gasteiger partial charge in [-0.25, -0.2) is 13.1 Å². The molecule has 0 bridgehead atoms. The number of aryl methyl sites for hydroxylation is 2. The summed E-state index contributed by atoms with van der Waals surface area (Å²) in [5.74, 6) is 0.182. The first-order valence-electron chi connectivity index (χ1n) is 7.56. The minimum absolute atomic E-state index is 0.182. The van der Waals surface area contributed by atoms with E-state index in [9.17, 15) is 8.42 Å². The molecule has 0 aromatic heterocycles. The normalized spacial score (nSPS) is 13.0. The van der Waals surface area contributed by atoms with Crippen molar-refractivity contribution >= 4 is 10.0 Å². The molecule has 2 rings (SSSR count). The number of sulfonamides is 1. The van der Waals surface area contributed by atoms with E-state index in [2.05, 4.69) is 11.6 Å². The summed E-state index contributed by atoms with van der Waals surface area (Å²) in [5, 5.41) is 0. The molecule has 0 aliphatic heterocycles. The highest BCUT2D eigenvalue weighted by Gasteiger charge is 2.19. The molecule has 0 spiro atoms. The minimum atomic E-state index is -3.48. The van der Waals surface area contributed by atoms with E-state index in [1.54, 1.807) is 6.07 Å². The highest BCUT2D eigenvalue weighted by atomic mass is 32.2. The second-order valence-corrected chi connectivity index (χ2v) is 7.37. The Morgan fingerprint density at radius 2 is 1.73 bits per heavy atom. The van der Waals surface area contributed by atoms with Gasteiger partial charge in [0.15, 0.2) is 0 Å². The zero-order chi connectivity index (χ0) is 16.2. The Morgan fingerprint density at radius 1 is 1.05 bits per heavy atom. The molecule has 0 saturated heterocycles. The molecule has 1 unspecified atom stereocenters. The molecule has 4 heteroatoms. The smallest absolute Gasteiger partial charge is 0.211 e. The Morgan fingerprint density at radius 3 is 2.36 bits per heavy atom. The van der Waals surface area contributed by atoms with Crippen LogP contribution in [0.4, 0.5) is 0 Å². The van der Waals surface area contributed by atoms with Crippen LogP contribution in [0.15, 0.2) is 53.4 Å². The van der Waals surface area contributed by atoms with Crippen molar-refractivity contribution in [1.82, 2.24) is 4.72 Å². The van der Waals surface area contributed by atoms with E-state index in [4.69, 9.17) is 0 Å². The van der Waals surface area contributed by atoms with E-state index in [0.717, 1.165) is 23.1 Å². The first-order valence-corrected chi connectivity index (χ1v) is 9.04. The van der Waals surface area contributed by atoms with Crippen LogP contribution in [0.3, 0.4) is 0 Å². The summed E-state index contributed by atoms with van der Waals surface area (Å²) in [5.41, 5.74) is 2.88. The van der Waals surface area contributed by atoms with Crippen molar-refractivity contribution in [1.29, 1.82) is 0 Å². The van der Waals surface area contributed by atoms with E-state index >= 15 is 0 Å². The Labute approximate surface area is 133 Å². The molecule has 0 heterocycles. The van der Waals surface area contributed by atoms with Crippen LogP contribution in [0, 0.1) is 13.8 Å². The molecule has 2 aromatic rings. The van der Waals surface area contributed by atoms with Crippen LogP contribution in [0.2, 0.25) is 0 Å². The lowest BCUT2D eigenvalue weighted by molar-refractivity contribution is 0.565. The molecule has 2 aromatic carbocycles. The lowest BCUT2D eigenvalue weighted by atomic mass is 9.97. The van der Waals surface area contributed by atoms with Gasteiger partial charge in [0.25, 0.3) is 0 Å². The minimum Gasteiger partial charge on any atom is -0.211 e. The maximum atomic E-state index is 12.5. The lowest BCUT2D eigenvalue weighted by Gasteiger charge is -2.17. The third-order valence-electron chi connectivity index (χ3n) is 3.92. The monoisotopic (exact) mass is 317 g/mol. The van der Waals surface area contributed by atoms with Gasteiger partial charge in [0, 0.05) is 6.54 Å². The largest absolute Gasteiger partial charge is 0.240 e. The summed E-state index contributed by atoms with van der Waals surface area (Å²) in [6, 6.07) is 15.5. The summed E-state index contributed by atoms with van der Waals surface area (Å²) in [4.78, 5) is 0.371. The van der Waals surface area contributed by atoms with Crippen LogP contribution in [0.5, 0.6) is 0 Å². The maximum Gasteiger partial charge on any atom is 0.240 e. The van der Waals surface area contributed by atoms with Crippen LogP contribution in [0.1, 0.15) is 36.0 Å². The van der Waals surface area contributed by atoms with Gasteiger partial charge in [0.2, 0.25) is 10.0 Å². The third kappa shape index (κ3) is 3.96. The van der Waals surface area contributed by atoms with Crippen molar-refractivity contribution in [2.24, 2.45) is 0 Å². The fourth-order valence-corrected chi connectivity index (χ4v) is 3.92. The van der Waals surface area contributed by atoms with Crippen molar-refractivity contribution in [2.75, 3.05) is 6.54 Å². The molecule has 118 valence electrons. The van der Waals surface area contributed by atoms with Gasteiger partial charge < -0.3 is 0 Å². The molecular weight excluding hydrogens is 294 g/mol. The maximum absolute atomic E-state index is 12.5. The fourth-order valence-electron chi connectivity index (χ4n) is 2.51. The van der Waals surface area contributed by atoms with Crippen molar-refractivity contribution in [3.05, 3.63) is 65.2 Å². The van der Waals surface area contributed by atoms with Crippen LogP contribution < -0.4 is 4.72 Å². The van der Waals surface area contributed by atoms with Gasteiger partial charge in [0.05, 0.1) is 4.90 Å². The highest BCUT2D eigenvalue weighted by molar-refractivity contribution is 7.89. The van der Waals surface area contributed by atoms with E-state index in [1.165, 1.54) is 0 Å². The summed E-state index contributed by atoms with van der Waals surface area (Å²) in [6.07, 6.45) is 0.888. The van der Waals surface area contributed by atoms with Crippen LogP contribution in [0.25, 0.3) is 0 Å². The molecule has 1 atom stereocenters. The first kappa shape index (κ1) is 16.7. The number of rotatable bonds is 6. The Hall–Kier alpha value is -1.65. The van der Waals surface area contributed by atoms with Gasteiger partial charge in [-0.3, -0.25) is 0 Å². The molecule has 1 N–H and O–H groups in total. The number of nitrogens with one attached hydrogen (secondary N) is 1. The second kappa shape index (κ2) is 7.07. The predicted octanol–water partition coefficient (Wildman–Crippen LogP) is 3.78. The third-order valence-corrected chi connectivity index (χ3v) is 5.48. The molecule has 22 heavy (non-hydrogen) atoms. The SMILES string of the molecule is CCC(CNS(=O)(=O)c1cc(C)ccc1C)c1ccccc1. The molecule has 0 amide bonds. The zero-order valence-electron chi connectivity index (χ0n) is 13.3. The zero-order valence-corrected chi connectivity index (χ0v) is 14.2. The standard InChI is InChI=1S/C18H23NO2S/c1-4-16(17-8-6-5-7-9-17)13-19-22(20,21)18-12-14(2)10-11-15(18)3/h5-12,16,19H,4,13H2,1-3H3. The van der Waals surface area contributed by atoms with Gasteiger partial charge in [-0.15, -0.1) is 0 Å². The molecule has 0 aliphatic carbocycles. The Bertz CT molecular complexity index is 724. The van der Waals surface area contributed by atoms with E-state index in [0.29, 0.717) is 11.4 Å². The first-order chi connectivity index (χ1) is 10.4. The van der Waals surface area contributed by atoms with Crippen molar-refractivity contribution in [2.45, 2.75) is 38.0 Å². The number of hydrogen-bond donors (Lipinski definition) is 1. The molecular formula is C18H23NO2S. The average molecular weight is 317 g/mol. The summed E-state index contributed by atoms with van der Waals surface area (Å²) in [7, 11) is -3.48. The highest BCUT2D eigenvalue weighted by Crippen LogP contribution is 2.21. The van der Waals surface area contributed by atoms with Crippen molar-refractivity contribution in [3.8, 4) is 0 Å². The van der Waals surface area contributed by atoms with Crippen LogP contribution >= 0.6 is 0 Å². The lowest BCUT2D eigenvalue weighted by Crippen LogP contribution is -2.29. The van der Waals surface area contributed by atoms with E-state index < -0.39 is 10.0 Å². The van der Waals surface area contributed by atoms with Gasteiger partial charge in [0.1, 0.15) is 0 Å². The van der Waals surface area contributed by atoms with Gasteiger partial charge in [-0.1, -0.05) is 49.4 Å². The van der Waals surface area contributed by atoms with E-state index in [1.807, 2.05) is 56.3 Å². The predicted molar refractivity (Wildman–Crippen MR) is 90.6 cm³/mol. The van der Waals surface area contributed by atoms with Crippen LogP contribution in [-0.2, 0) is 10.0 Å². The Balaban J connectivity index is 2.17. The molecule has 0 aliphatic rings. The quantitative estimate of drug-likeness (QED) is 0.881. The van der Waals surface area contributed by atoms with Gasteiger partial charge in [-0.2, -0.15) is 0 Å². The van der Waals surface area contributed by atoms with Gasteiger partial charge in [-0.05, 0) is 48.9 Å². The molecule has 0 saturated carbocycles. The molecule has 0 radical (unpaired) electrons. The van der Waals surface area contributed by atoms with Crippen LogP contribution in [-0.4, -0.2) is 15.0 Å². The number of hydrogen-bond acceptors (Lipinski definition) is 2. The second-order valence-electron chi connectivity index (χ2n) is 5.64. The van der Waals surface area contributed by atoms with Gasteiger partial charge >= 0.3 is 0 Å². The molecule has 3 nitrogen and oxygen atoms in total. The topological polar surface area (TPSA) is 46.2 Å². The fraction of sp³-hybridized carbons (Fsp3) is 0.333. The molecule has 0 fully saturated rings. The summed E-state index contributed by atoms with van der Waals surface area (Å²) < 4.78 is 27.9. The van der Waals surface area contributed by atoms with Crippen molar-refractivity contribution < 1.29 is 8.42 Å².